The van der Waals surface area contributed by atoms with Crippen molar-refractivity contribution in [2.24, 2.45) is 5.92 Å². The number of sulfonamides is 1. The molecule has 1 saturated heterocycles. The molecule has 148 valence electrons. The Morgan fingerprint density at radius 3 is 2.50 bits per heavy atom. The number of carbonyl (C=O) groups excluding carboxylic acids is 1. The van der Waals surface area contributed by atoms with E-state index < -0.39 is 15.6 Å². The van der Waals surface area contributed by atoms with Gasteiger partial charge in [-0.25, -0.2) is 13.1 Å². The quantitative estimate of drug-likeness (QED) is 0.681. The Morgan fingerprint density at radius 1 is 1.23 bits per heavy atom. The lowest BCUT2D eigenvalue weighted by atomic mass is 9.93. The minimum absolute atomic E-state index is 0. The number of benzene rings is 1. The SMILES string of the molecule is CC(C)(C)NS(=O)(=O)c1cccc(NC(=O)CCC2CCNCC2)c1.Cl. The molecule has 0 unspecified atom stereocenters. The van der Waals surface area contributed by atoms with Gasteiger partial charge in [-0.3, -0.25) is 4.79 Å². The molecule has 1 aromatic carbocycles. The Morgan fingerprint density at radius 2 is 1.88 bits per heavy atom. The third kappa shape index (κ3) is 7.61. The molecule has 0 radical (unpaired) electrons. The van der Waals surface area contributed by atoms with E-state index in [0.29, 0.717) is 18.0 Å². The third-order valence-corrected chi connectivity index (χ3v) is 5.86. The molecule has 0 atom stereocenters. The van der Waals surface area contributed by atoms with Crippen LogP contribution in [0.5, 0.6) is 0 Å². The Hall–Kier alpha value is -1.15. The average Bonchev–Trinajstić information content (AvgIpc) is 2.52. The van der Waals surface area contributed by atoms with Crippen molar-refractivity contribution >= 4 is 34.0 Å². The Labute approximate surface area is 163 Å². The third-order valence-electron chi connectivity index (χ3n) is 4.11. The summed E-state index contributed by atoms with van der Waals surface area (Å²) in [4.78, 5) is 12.3. The van der Waals surface area contributed by atoms with Gasteiger partial charge in [0, 0.05) is 17.6 Å². The van der Waals surface area contributed by atoms with E-state index in [4.69, 9.17) is 0 Å². The molecule has 1 aromatic rings. The zero-order valence-electron chi connectivity index (χ0n) is 15.7. The standard InChI is InChI=1S/C18H29N3O3S.ClH/c1-18(2,3)21-25(23,24)16-6-4-5-15(13-16)20-17(22)8-7-14-9-11-19-12-10-14;/h4-6,13-14,19,21H,7-12H2,1-3H3,(H,20,22);1H. The number of anilines is 1. The van der Waals surface area contributed by atoms with Crippen molar-refractivity contribution in [1.29, 1.82) is 0 Å². The van der Waals surface area contributed by atoms with Gasteiger partial charge < -0.3 is 10.6 Å². The number of halogens is 1. The molecule has 0 spiro atoms. The Bertz CT molecular complexity index is 696. The molecule has 0 saturated carbocycles. The predicted molar refractivity (Wildman–Crippen MR) is 107 cm³/mol. The highest BCUT2D eigenvalue weighted by molar-refractivity contribution is 7.89. The number of carbonyl (C=O) groups is 1. The number of rotatable bonds is 6. The molecule has 2 rings (SSSR count). The van der Waals surface area contributed by atoms with Gasteiger partial charge in [0.05, 0.1) is 4.90 Å². The van der Waals surface area contributed by atoms with Gasteiger partial charge in [-0.2, -0.15) is 0 Å². The first-order valence-corrected chi connectivity index (χ1v) is 10.3. The van der Waals surface area contributed by atoms with Crippen LogP contribution in [0.25, 0.3) is 0 Å². The zero-order chi connectivity index (χ0) is 18.5. The summed E-state index contributed by atoms with van der Waals surface area (Å²) in [5.74, 6) is 0.520. The van der Waals surface area contributed by atoms with Gasteiger partial charge in [0.25, 0.3) is 0 Å². The summed E-state index contributed by atoms with van der Waals surface area (Å²) < 4.78 is 27.4. The molecular weight excluding hydrogens is 374 g/mol. The van der Waals surface area contributed by atoms with E-state index >= 15 is 0 Å². The molecule has 1 heterocycles. The first kappa shape index (κ1) is 22.9. The number of nitrogens with one attached hydrogen (secondary N) is 3. The van der Waals surface area contributed by atoms with Crippen molar-refractivity contribution in [3.05, 3.63) is 24.3 Å². The second-order valence-electron chi connectivity index (χ2n) is 7.66. The van der Waals surface area contributed by atoms with Crippen LogP contribution in [0.1, 0.15) is 46.5 Å². The fourth-order valence-corrected chi connectivity index (χ4v) is 4.40. The molecule has 26 heavy (non-hydrogen) atoms. The van der Waals surface area contributed by atoms with E-state index in [0.717, 1.165) is 32.4 Å². The van der Waals surface area contributed by atoms with Crippen molar-refractivity contribution in [2.75, 3.05) is 18.4 Å². The van der Waals surface area contributed by atoms with Crippen LogP contribution in [0.4, 0.5) is 5.69 Å². The monoisotopic (exact) mass is 403 g/mol. The minimum Gasteiger partial charge on any atom is -0.326 e. The van der Waals surface area contributed by atoms with Gasteiger partial charge in [-0.05, 0) is 77.2 Å². The number of hydrogen-bond acceptors (Lipinski definition) is 4. The first-order chi connectivity index (χ1) is 11.7. The van der Waals surface area contributed by atoms with E-state index in [1.54, 1.807) is 32.9 Å². The van der Waals surface area contributed by atoms with Gasteiger partial charge in [-0.15, -0.1) is 12.4 Å². The molecule has 0 aromatic heterocycles. The lowest BCUT2D eigenvalue weighted by Gasteiger charge is -2.22. The van der Waals surface area contributed by atoms with Crippen LogP contribution in [0.3, 0.4) is 0 Å². The normalized spacial score (nSPS) is 16.0. The van der Waals surface area contributed by atoms with E-state index in [9.17, 15) is 13.2 Å². The van der Waals surface area contributed by atoms with Crippen LogP contribution < -0.4 is 15.4 Å². The lowest BCUT2D eigenvalue weighted by molar-refractivity contribution is -0.116. The zero-order valence-corrected chi connectivity index (χ0v) is 17.3. The smallest absolute Gasteiger partial charge is 0.241 e. The Kier molecular flexibility index (Phi) is 8.53. The Balaban J connectivity index is 0.00000338. The summed E-state index contributed by atoms with van der Waals surface area (Å²) in [5.41, 5.74) is -0.0560. The summed E-state index contributed by atoms with van der Waals surface area (Å²) in [6.45, 7) is 7.41. The first-order valence-electron chi connectivity index (χ1n) is 8.80. The molecule has 3 N–H and O–H groups in total. The van der Waals surface area contributed by atoms with Crippen LogP contribution in [-0.4, -0.2) is 33.0 Å². The second-order valence-corrected chi connectivity index (χ2v) is 9.35. The van der Waals surface area contributed by atoms with E-state index in [1.807, 2.05) is 0 Å². The van der Waals surface area contributed by atoms with Crippen LogP contribution in [-0.2, 0) is 14.8 Å². The fraction of sp³-hybridized carbons (Fsp3) is 0.611. The van der Waals surface area contributed by atoms with Gasteiger partial charge in [0.2, 0.25) is 15.9 Å². The molecular formula is C18H30ClN3O3S. The highest BCUT2D eigenvalue weighted by atomic mass is 35.5. The van der Waals surface area contributed by atoms with Crippen molar-refractivity contribution in [2.45, 2.75) is 56.9 Å². The van der Waals surface area contributed by atoms with Gasteiger partial charge >= 0.3 is 0 Å². The van der Waals surface area contributed by atoms with Crippen LogP contribution in [0.2, 0.25) is 0 Å². The van der Waals surface area contributed by atoms with Gasteiger partial charge in [0.1, 0.15) is 0 Å². The molecule has 0 bridgehead atoms. The summed E-state index contributed by atoms with van der Waals surface area (Å²) >= 11 is 0. The topological polar surface area (TPSA) is 87.3 Å². The van der Waals surface area contributed by atoms with Crippen molar-refractivity contribution < 1.29 is 13.2 Å². The molecule has 0 aliphatic carbocycles. The molecule has 1 fully saturated rings. The average molecular weight is 404 g/mol. The molecule has 8 heteroatoms. The van der Waals surface area contributed by atoms with Crippen LogP contribution in [0, 0.1) is 5.92 Å². The minimum atomic E-state index is -3.61. The fourth-order valence-electron chi connectivity index (χ4n) is 2.93. The summed E-state index contributed by atoms with van der Waals surface area (Å²) in [5, 5.41) is 6.13. The van der Waals surface area contributed by atoms with Gasteiger partial charge in [-0.1, -0.05) is 6.07 Å². The number of amides is 1. The highest BCUT2D eigenvalue weighted by Crippen LogP contribution is 2.20. The van der Waals surface area contributed by atoms with E-state index in [-0.39, 0.29) is 23.2 Å². The van der Waals surface area contributed by atoms with Crippen molar-refractivity contribution in [1.82, 2.24) is 10.0 Å². The maximum atomic E-state index is 12.4. The number of hydrogen-bond donors (Lipinski definition) is 3. The summed E-state index contributed by atoms with van der Waals surface area (Å²) in [6, 6.07) is 6.37. The molecule has 6 nitrogen and oxygen atoms in total. The molecule has 1 aliphatic heterocycles. The summed E-state index contributed by atoms with van der Waals surface area (Å²) in [7, 11) is -3.61. The predicted octanol–water partition coefficient (Wildman–Crippen LogP) is 2.90. The van der Waals surface area contributed by atoms with E-state index in [2.05, 4.69) is 15.4 Å². The maximum Gasteiger partial charge on any atom is 0.241 e. The van der Waals surface area contributed by atoms with Crippen molar-refractivity contribution in [3.8, 4) is 0 Å². The van der Waals surface area contributed by atoms with Crippen molar-refractivity contribution in [3.63, 3.8) is 0 Å². The summed E-state index contributed by atoms with van der Waals surface area (Å²) in [6.07, 6.45) is 3.55. The van der Waals surface area contributed by atoms with Crippen LogP contribution >= 0.6 is 12.4 Å². The van der Waals surface area contributed by atoms with Gasteiger partial charge in [0.15, 0.2) is 0 Å². The number of piperidine rings is 1. The molecule has 1 aliphatic rings. The lowest BCUT2D eigenvalue weighted by Crippen LogP contribution is -2.40. The van der Waals surface area contributed by atoms with E-state index in [1.165, 1.54) is 12.1 Å². The van der Waals surface area contributed by atoms with Crippen LogP contribution in [0.15, 0.2) is 29.2 Å². The largest absolute Gasteiger partial charge is 0.326 e. The second kappa shape index (κ2) is 9.69. The molecule has 1 amide bonds. The maximum absolute atomic E-state index is 12.4. The highest BCUT2D eigenvalue weighted by Gasteiger charge is 2.22.